The second-order valence-electron chi connectivity index (χ2n) is 8.66. The number of carboxylic acids is 1. The summed E-state index contributed by atoms with van der Waals surface area (Å²) in [6.07, 6.45) is 1.24. The van der Waals surface area contributed by atoms with Crippen LogP contribution in [0.3, 0.4) is 0 Å². The third-order valence-electron chi connectivity index (χ3n) is 6.09. The number of thiophene rings is 1. The van der Waals surface area contributed by atoms with Gasteiger partial charge in [-0.3, -0.25) is 0 Å². The highest BCUT2D eigenvalue weighted by atomic mass is 32.1. The van der Waals surface area contributed by atoms with Crippen LogP contribution in [0, 0.1) is 11.3 Å². The lowest BCUT2D eigenvalue weighted by atomic mass is 10.0. The minimum atomic E-state index is -1.03. The molecule has 12 heteroatoms. The van der Waals surface area contributed by atoms with Crippen molar-refractivity contribution in [3.8, 4) is 34.7 Å². The predicted octanol–water partition coefficient (Wildman–Crippen LogP) is 4.63. The number of ether oxygens (including phenoxy) is 3. The summed E-state index contributed by atoms with van der Waals surface area (Å²) in [6, 6.07) is 13.1. The molecule has 0 spiro atoms. The molecule has 0 bridgehead atoms. The molecule has 3 aromatic heterocycles. The van der Waals surface area contributed by atoms with Gasteiger partial charge in [0.15, 0.2) is 0 Å². The standard InChI is InChI=1S/C28H24N4O7S/c1-2-37-28(35)23-14-30-25(39-23)20-12-22(18-3-5-19(6-4-18)32-7-9-36-10-8-32)31-26(21(20)13-29)38-15-17-11-24(27(33)34)40-16-17/h3-6,11-12,14,16H,2,7-10,15H2,1H3,(H,33,34). The van der Waals surface area contributed by atoms with E-state index >= 15 is 0 Å². The third-order valence-corrected chi connectivity index (χ3v) is 7.06. The van der Waals surface area contributed by atoms with Crippen molar-refractivity contribution in [3.63, 3.8) is 0 Å². The van der Waals surface area contributed by atoms with Crippen LogP contribution in [0.1, 0.15) is 38.3 Å². The average molecular weight is 561 g/mol. The largest absolute Gasteiger partial charge is 0.477 e. The Hall–Kier alpha value is -4.73. The number of aromatic carboxylic acids is 1. The van der Waals surface area contributed by atoms with Crippen molar-refractivity contribution in [1.29, 1.82) is 5.26 Å². The smallest absolute Gasteiger partial charge is 0.375 e. The summed E-state index contributed by atoms with van der Waals surface area (Å²) in [6.45, 7) is 4.78. The van der Waals surface area contributed by atoms with E-state index in [1.807, 2.05) is 24.3 Å². The first-order valence-electron chi connectivity index (χ1n) is 12.4. The van der Waals surface area contributed by atoms with Crippen molar-refractivity contribution in [3.05, 3.63) is 69.7 Å². The van der Waals surface area contributed by atoms with Gasteiger partial charge in [0.05, 0.1) is 37.3 Å². The van der Waals surface area contributed by atoms with Crippen molar-refractivity contribution >= 4 is 29.0 Å². The van der Waals surface area contributed by atoms with Crippen LogP contribution in [0.25, 0.3) is 22.7 Å². The molecule has 0 amide bonds. The number of hydrogen-bond donors (Lipinski definition) is 1. The lowest BCUT2D eigenvalue weighted by molar-refractivity contribution is 0.0490. The van der Waals surface area contributed by atoms with Gasteiger partial charge in [-0.15, -0.1) is 11.3 Å². The van der Waals surface area contributed by atoms with Crippen molar-refractivity contribution in [1.82, 2.24) is 9.97 Å². The molecular weight excluding hydrogens is 536 g/mol. The van der Waals surface area contributed by atoms with E-state index in [4.69, 9.17) is 18.6 Å². The summed E-state index contributed by atoms with van der Waals surface area (Å²) in [4.78, 5) is 34.7. The molecule has 1 aliphatic rings. The number of nitrogens with zero attached hydrogens (tertiary/aromatic N) is 4. The maximum atomic E-state index is 12.2. The Kier molecular flexibility index (Phi) is 8.04. The zero-order chi connectivity index (χ0) is 28.1. The lowest BCUT2D eigenvalue weighted by Gasteiger charge is -2.28. The normalized spacial score (nSPS) is 13.1. The highest BCUT2D eigenvalue weighted by Gasteiger charge is 2.23. The van der Waals surface area contributed by atoms with Crippen LogP contribution in [0.4, 0.5) is 5.69 Å². The third kappa shape index (κ3) is 5.80. The second-order valence-corrected chi connectivity index (χ2v) is 9.57. The molecule has 1 N–H and O–H groups in total. The SMILES string of the molecule is CCOC(=O)c1cnc(-c2cc(-c3ccc(N4CCOCC4)cc3)nc(OCc3csc(C(=O)O)c3)c2C#N)o1. The van der Waals surface area contributed by atoms with Crippen LogP contribution in [-0.4, -0.2) is 59.9 Å². The predicted molar refractivity (Wildman–Crippen MR) is 144 cm³/mol. The molecule has 1 fully saturated rings. The fourth-order valence-electron chi connectivity index (χ4n) is 4.13. The zero-order valence-electron chi connectivity index (χ0n) is 21.5. The van der Waals surface area contributed by atoms with Crippen molar-refractivity contribution in [2.45, 2.75) is 13.5 Å². The Morgan fingerprint density at radius 1 is 1.20 bits per heavy atom. The summed E-state index contributed by atoms with van der Waals surface area (Å²) in [5.74, 6) is -1.75. The van der Waals surface area contributed by atoms with E-state index in [1.54, 1.807) is 18.4 Å². The van der Waals surface area contributed by atoms with Crippen molar-refractivity contribution in [2.24, 2.45) is 0 Å². The Labute approximate surface area is 233 Å². The van der Waals surface area contributed by atoms with Gasteiger partial charge in [-0.25, -0.2) is 19.6 Å². The first-order valence-corrected chi connectivity index (χ1v) is 13.3. The van der Waals surface area contributed by atoms with E-state index < -0.39 is 11.9 Å². The summed E-state index contributed by atoms with van der Waals surface area (Å²) in [7, 11) is 0. The molecule has 1 aliphatic heterocycles. The number of hydrogen-bond acceptors (Lipinski definition) is 11. The minimum absolute atomic E-state index is 0.00994. The average Bonchev–Trinajstić information content (AvgIpc) is 3.67. The Balaban J connectivity index is 1.52. The van der Waals surface area contributed by atoms with Gasteiger partial charge in [0, 0.05) is 29.9 Å². The molecule has 0 radical (unpaired) electrons. The van der Waals surface area contributed by atoms with Gasteiger partial charge in [0.2, 0.25) is 17.5 Å². The molecule has 0 unspecified atom stereocenters. The fraction of sp³-hybridized carbons (Fsp3) is 0.250. The molecule has 0 saturated carbocycles. The topological polar surface area (TPSA) is 148 Å². The van der Waals surface area contributed by atoms with Gasteiger partial charge < -0.3 is 28.6 Å². The van der Waals surface area contributed by atoms with Crippen LogP contribution in [0.2, 0.25) is 0 Å². The number of carbonyl (C=O) groups excluding carboxylic acids is 1. The maximum absolute atomic E-state index is 12.2. The summed E-state index contributed by atoms with van der Waals surface area (Å²) in [5, 5.41) is 20.9. The van der Waals surface area contributed by atoms with E-state index in [1.165, 1.54) is 12.3 Å². The highest BCUT2D eigenvalue weighted by Crippen LogP contribution is 2.34. The van der Waals surface area contributed by atoms with Gasteiger partial charge in [-0.1, -0.05) is 12.1 Å². The van der Waals surface area contributed by atoms with Crippen molar-refractivity contribution in [2.75, 3.05) is 37.8 Å². The van der Waals surface area contributed by atoms with E-state index in [9.17, 15) is 20.0 Å². The first kappa shape index (κ1) is 26.9. The van der Waals surface area contributed by atoms with Gasteiger partial charge >= 0.3 is 11.9 Å². The Morgan fingerprint density at radius 3 is 2.65 bits per heavy atom. The highest BCUT2D eigenvalue weighted by molar-refractivity contribution is 7.12. The molecule has 40 heavy (non-hydrogen) atoms. The molecule has 204 valence electrons. The van der Waals surface area contributed by atoms with Crippen LogP contribution < -0.4 is 9.64 Å². The number of morpholine rings is 1. The number of esters is 1. The molecule has 1 saturated heterocycles. The number of rotatable bonds is 9. The molecule has 4 heterocycles. The van der Waals surface area contributed by atoms with E-state index in [0.717, 1.165) is 35.7 Å². The quantitative estimate of drug-likeness (QED) is 0.286. The maximum Gasteiger partial charge on any atom is 0.375 e. The zero-order valence-corrected chi connectivity index (χ0v) is 22.3. The van der Waals surface area contributed by atoms with E-state index in [2.05, 4.69) is 20.9 Å². The van der Waals surface area contributed by atoms with E-state index in [0.29, 0.717) is 24.5 Å². The minimum Gasteiger partial charge on any atom is -0.477 e. The second kappa shape index (κ2) is 12.0. The molecular formula is C28H24N4O7S. The molecule has 0 aliphatic carbocycles. The summed E-state index contributed by atoms with van der Waals surface area (Å²) < 4.78 is 22.0. The number of carbonyl (C=O) groups is 2. The van der Waals surface area contributed by atoms with Gasteiger partial charge in [-0.05, 0) is 36.6 Å². The monoisotopic (exact) mass is 560 g/mol. The number of anilines is 1. The number of nitriles is 1. The van der Waals surface area contributed by atoms with Crippen LogP contribution in [0.15, 0.2) is 52.4 Å². The molecule has 0 atom stereocenters. The van der Waals surface area contributed by atoms with Crippen molar-refractivity contribution < 1.29 is 33.3 Å². The number of carboxylic acid groups (broad SMARTS) is 1. The number of aromatic nitrogens is 2. The fourth-order valence-corrected chi connectivity index (χ4v) is 4.86. The summed E-state index contributed by atoms with van der Waals surface area (Å²) in [5.41, 5.74) is 3.26. The van der Waals surface area contributed by atoms with Gasteiger partial charge in [-0.2, -0.15) is 5.26 Å². The lowest BCUT2D eigenvalue weighted by Crippen LogP contribution is -2.36. The van der Waals surface area contributed by atoms with Crippen LogP contribution in [0.5, 0.6) is 5.88 Å². The summed E-state index contributed by atoms with van der Waals surface area (Å²) >= 11 is 1.08. The van der Waals surface area contributed by atoms with Gasteiger partial charge in [0.25, 0.3) is 0 Å². The van der Waals surface area contributed by atoms with Crippen LogP contribution in [-0.2, 0) is 16.1 Å². The molecule has 1 aromatic carbocycles. The van der Waals surface area contributed by atoms with E-state index in [-0.39, 0.29) is 46.7 Å². The molecule has 11 nitrogen and oxygen atoms in total. The Morgan fingerprint density at radius 2 is 1.98 bits per heavy atom. The van der Waals surface area contributed by atoms with Gasteiger partial charge in [0.1, 0.15) is 23.1 Å². The molecule has 5 rings (SSSR count). The number of pyridine rings is 1. The van der Waals surface area contributed by atoms with Crippen LogP contribution >= 0.6 is 11.3 Å². The molecule has 4 aromatic rings. The Bertz CT molecular complexity index is 1570. The number of oxazole rings is 1. The number of benzene rings is 1. The first-order chi connectivity index (χ1) is 19.5.